The number of nitrogens with one attached hydrogen (secondary N) is 1. The van der Waals surface area contributed by atoms with Crippen molar-refractivity contribution in [3.8, 4) is 11.4 Å². The standard InChI is InChI=1S/C22H18FN3O4S/c1-2-29-22(28)18-12-14-11-16(7-8-17(14)31-18)24-19(27)9-10-20-25-21(26-30-20)13-3-5-15(23)6-4-13/h3-8,11-12H,2,9-10H2,1H3,(H,24,27). The van der Waals surface area contributed by atoms with Crippen molar-refractivity contribution in [2.45, 2.75) is 19.8 Å². The Kier molecular flexibility index (Phi) is 6.03. The summed E-state index contributed by atoms with van der Waals surface area (Å²) in [6.07, 6.45) is 0.425. The van der Waals surface area contributed by atoms with E-state index in [2.05, 4.69) is 15.5 Å². The molecule has 158 valence electrons. The smallest absolute Gasteiger partial charge is 0.348 e. The fourth-order valence-corrected chi connectivity index (χ4v) is 3.88. The van der Waals surface area contributed by atoms with Crippen LogP contribution in [0.4, 0.5) is 10.1 Å². The minimum atomic E-state index is -0.353. The molecular formula is C22H18FN3O4S. The summed E-state index contributed by atoms with van der Waals surface area (Å²) in [5, 5.41) is 7.55. The van der Waals surface area contributed by atoms with Crippen molar-refractivity contribution >= 4 is 39.0 Å². The van der Waals surface area contributed by atoms with Crippen LogP contribution >= 0.6 is 11.3 Å². The monoisotopic (exact) mass is 439 g/mol. The highest BCUT2D eigenvalue weighted by molar-refractivity contribution is 7.20. The van der Waals surface area contributed by atoms with Crippen molar-refractivity contribution in [3.63, 3.8) is 0 Å². The average Bonchev–Trinajstić information content (AvgIpc) is 3.40. The lowest BCUT2D eigenvalue weighted by molar-refractivity contribution is -0.116. The molecular weight excluding hydrogens is 421 g/mol. The molecule has 2 heterocycles. The summed E-state index contributed by atoms with van der Waals surface area (Å²) in [4.78, 5) is 29.0. The van der Waals surface area contributed by atoms with Crippen LogP contribution in [-0.4, -0.2) is 28.6 Å². The Bertz CT molecular complexity index is 1230. The van der Waals surface area contributed by atoms with Gasteiger partial charge in [-0.2, -0.15) is 4.98 Å². The number of thiophene rings is 1. The van der Waals surface area contributed by atoms with E-state index in [-0.39, 0.29) is 30.5 Å². The molecule has 0 aliphatic carbocycles. The molecule has 0 saturated carbocycles. The second-order valence-corrected chi connectivity index (χ2v) is 7.73. The SMILES string of the molecule is CCOC(=O)c1cc2cc(NC(=O)CCc3nc(-c4ccc(F)cc4)no3)ccc2s1. The van der Waals surface area contributed by atoms with Gasteiger partial charge in [-0.05, 0) is 60.8 Å². The van der Waals surface area contributed by atoms with Crippen LogP contribution in [0.15, 0.2) is 53.1 Å². The lowest BCUT2D eigenvalue weighted by Gasteiger charge is -2.04. The molecule has 0 bridgehead atoms. The summed E-state index contributed by atoms with van der Waals surface area (Å²) < 4.78 is 24.2. The van der Waals surface area contributed by atoms with Gasteiger partial charge in [0.15, 0.2) is 0 Å². The highest BCUT2D eigenvalue weighted by Gasteiger charge is 2.13. The van der Waals surface area contributed by atoms with E-state index in [1.54, 1.807) is 31.2 Å². The molecule has 31 heavy (non-hydrogen) atoms. The Morgan fingerprint density at radius 3 is 2.74 bits per heavy atom. The molecule has 2 aromatic heterocycles. The molecule has 4 aromatic rings. The first kappa shape index (κ1) is 20.7. The summed E-state index contributed by atoms with van der Waals surface area (Å²) in [5.41, 5.74) is 1.26. The van der Waals surface area contributed by atoms with Gasteiger partial charge in [-0.25, -0.2) is 9.18 Å². The zero-order valence-electron chi connectivity index (χ0n) is 16.6. The molecule has 1 N–H and O–H groups in total. The lowest BCUT2D eigenvalue weighted by Crippen LogP contribution is -2.12. The predicted octanol–water partition coefficient (Wildman–Crippen LogP) is 4.84. The van der Waals surface area contributed by atoms with Crippen molar-refractivity contribution in [2.75, 3.05) is 11.9 Å². The molecule has 0 atom stereocenters. The molecule has 0 radical (unpaired) electrons. The number of halogens is 1. The number of carbonyl (C=O) groups excluding carboxylic acids is 2. The van der Waals surface area contributed by atoms with Crippen molar-refractivity contribution in [1.82, 2.24) is 10.1 Å². The van der Waals surface area contributed by atoms with Crippen molar-refractivity contribution < 1.29 is 23.2 Å². The number of aromatic nitrogens is 2. The van der Waals surface area contributed by atoms with Crippen LogP contribution in [0.3, 0.4) is 0 Å². The number of amides is 1. The summed E-state index contributed by atoms with van der Waals surface area (Å²) in [5.74, 6) is -0.241. The van der Waals surface area contributed by atoms with E-state index < -0.39 is 0 Å². The van der Waals surface area contributed by atoms with Crippen LogP contribution in [-0.2, 0) is 16.0 Å². The molecule has 0 spiro atoms. The number of hydrogen-bond acceptors (Lipinski definition) is 7. The predicted molar refractivity (Wildman–Crippen MR) is 114 cm³/mol. The van der Waals surface area contributed by atoms with E-state index in [9.17, 15) is 14.0 Å². The first-order valence-corrected chi connectivity index (χ1v) is 10.4. The number of anilines is 1. The highest BCUT2D eigenvalue weighted by Crippen LogP contribution is 2.29. The van der Waals surface area contributed by atoms with Gasteiger partial charge in [0.05, 0.1) is 6.61 Å². The minimum absolute atomic E-state index is 0.154. The first-order chi connectivity index (χ1) is 15.0. The van der Waals surface area contributed by atoms with Gasteiger partial charge in [0.25, 0.3) is 0 Å². The minimum Gasteiger partial charge on any atom is -0.462 e. The number of carbonyl (C=O) groups is 2. The van der Waals surface area contributed by atoms with E-state index >= 15 is 0 Å². The zero-order valence-corrected chi connectivity index (χ0v) is 17.4. The third kappa shape index (κ3) is 4.95. The molecule has 0 aliphatic rings. The van der Waals surface area contributed by atoms with Crippen LogP contribution in [0.25, 0.3) is 21.5 Å². The number of aryl methyl sites for hydroxylation is 1. The lowest BCUT2D eigenvalue weighted by atomic mass is 10.2. The van der Waals surface area contributed by atoms with Crippen LogP contribution in [0.2, 0.25) is 0 Å². The summed E-state index contributed by atoms with van der Waals surface area (Å²) >= 11 is 1.35. The third-order valence-corrected chi connectivity index (χ3v) is 5.51. The maximum atomic E-state index is 13.0. The Balaban J connectivity index is 1.36. The summed E-state index contributed by atoms with van der Waals surface area (Å²) in [6.45, 7) is 2.08. The van der Waals surface area contributed by atoms with Gasteiger partial charge in [-0.3, -0.25) is 4.79 Å². The molecule has 9 heteroatoms. The van der Waals surface area contributed by atoms with Gasteiger partial charge in [0.2, 0.25) is 17.6 Å². The molecule has 4 rings (SSSR count). The summed E-state index contributed by atoms with van der Waals surface area (Å²) in [6, 6.07) is 13.0. The topological polar surface area (TPSA) is 94.3 Å². The average molecular weight is 439 g/mol. The van der Waals surface area contributed by atoms with Crippen LogP contribution in [0.1, 0.15) is 28.9 Å². The molecule has 0 unspecified atom stereocenters. The van der Waals surface area contributed by atoms with Crippen LogP contribution in [0.5, 0.6) is 0 Å². The maximum absolute atomic E-state index is 13.0. The number of esters is 1. The van der Waals surface area contributed by atoms with Gasteiger partial charge < -0.3 is 14.6 Å². The second-order valence-electron chi connectivity index (χ2n) is 6.65. The van der Waals surface area contributed by atoms with E-state index in [0.717, 1.165) is 10.1 Å². The van der Waals surface area contributed by atoms with E-state index in [1.807, 2.05) is 12.1 Å². The number of rotatable bonds is 7. The van der Waals surface area contributed by atoms with Crippen LogP contribution < -0.4 is 5.32 Å². The van der Waals surface area contributed by atoms with E-state index in [0.29, 0.717) is 34.4 Å². The van der Waals surface area contributed by atoms with Crippen molar-refractivity contribution in [3.05, 3.63) is 65.1 Å². The molecule has 1 amide bonds. The molecule has 0 saturated heterocycles. The fraction of sp³-hybridized carbons (Fsp3) is 0.182. The van der Waals surface area contributed by atoms with Gasteiger partial charge in [0.1, 0.15) is 10.7 Å². The van der Waals surface area contributed by atoms with Gasteiger partial charge >= 0.3 is 5.97 Å². The Labute approximate surface area is 180 Å². The Morgan fingerprint density at radius 2 is 1.97 bits per heavy atom. The van der Waals surface area contributed by atoms with Gasteiger partial charge in [-0.1, -0.05) is 5.16 Å². The first-order valence-electron chi connectivity index (χ1n) is 9.61. The largest absolute Gasteiger partial charge is 0.462 e. The van der Waals surface area contributed by atoms with Crippen molar-refractivity contribution in [2.24, 2.45) is 0 Å². The van der Waals surface area contributed by atoms with Gasteiger partial charge in [-0.15, -0.1) is 11.3 Å². The molecule has 2 aromatic carbocycles. The third-order valence-electron chi connectivity index (χ3n) is 4.41. The Hall–Kier alpha value is -3.59. The molecule has 0 fully saturated rings. The number of hydrogen-bond donors (Lipinski definition) is 1. The van der Waals surface area contributed by atoms with E-state index in [4.69, 9.17) is 9.26 Å². The molecule has 0 aliphatic heterocycles. The number of ether oxygens (including phenoxy) is 1. The number of benzene rings is 2. The zero-order chi connectivity index (χ0) is 21.8. The maximum Gasteiger partial charge on any atom is 0.348 e. The highest BCUT2D eigenvalue weighted by atomic mass is 32.1. The van der Waals surface area contributed by atoms with Gasteiger partial charge in [0, 0.05) is 28.8 Å². The Morgan fingerprint density at radius 1 is 1.16 bits per heavy atom. The molecule has 7 nitrogen and oxygen atoms in total. The summed E-state index contributed by atoms with van der Waals surface area (Å²) in [7, 11) is 0. The normalized spacial score (nSPS) is 10.9. The number of fused-ring (bicyclic) bond motifs is 1. The fourth-order valence-electron chi connectivity index (χ4n) is 2.94. The van der Waals surface area contributed by atoms with Crippen LogP contribution in [0, 0.1) is 5.82 Å². The number of nitrogens with zero attached hydrogens (tertiary/aromatic N) is 2. The van der Waals surface area contributed by atoms with Crippen molar-refractivity contribution in [1.29, 1.82) is 0 Å². The second kappa shape index (κ2) is 9.05. The van der Waals surface area contributed by atoms with E-state index in [1.165, 1.54) is 23.5 Å². The quantitative estimate of drug-likeness (QED) is 0.414.